The molecule has 0 bridgehead atoms. The molecular weight excluding hydrogens is 252 g/mol. The molecule has 3 atom stereocenters. The van der Waals surface area contributed by atoms with Crippen LogP contribution in [0.2, 0.25) is 0 Å². The van der Waals surface area contributed by atoms with Gasteiger partial charge in [0.25, 0.3) is 0 Å². The van der Waals surface area contributed by atoms with Crippen LogP contribution in [0.25, 0.3) is 0 Å². The molecule has 0 N–H and O–H groups in total. The van der Waals surface area contributed by atoms with Crippen LogP contribution < -0.4 is 0 Å². The first kappa shape index (κ1) is 20.7. The SMILES string of the molecule is CC.CC.CC1CC=CC2CCCC12.CC1CCCCC1. The van der Waals surface area contributed by atoms with E-state index in [1.165, 1.54) is 57.8 Å². The van der Waals surface area contributed by atoms with Gasteiger partial charge >= 0.3 is 0 Å². The van der Waals surface area contributed by atoms with Crippen molar-refractivity contribution in [2.24, 2.45) is 23.7 Å². The number of allylic oxidation sites excluding steroid dienone is 2. The van der Waals surface area contributed by atoms with E-state index in [1.807, 2.05) is 27.7 Å². The quantitative estimate of drug-likeness (QED) is 0.403. The van der Waals surface area contributed by atoms with Gasteiger partial charge in [-0.1, -0.05) is 92.2 Å². The lowest BCUT2D eigenvalue weighted by atomic mass is 9.79. The Balaban J connectivity index is 0.000000321. The van der Waals surface area contributed by atoms with Crippen molar-refractivity contribution in [3.63, 3.8) is 0 Å². The van der Waals surface area contributed by atoms with Crippen molar-refractivity contribution < 1.29 is 0 Å². The fraction of sp³-hybridized carbons (Fsp3) is 0.905. The smallest absolute Gasteiger partial charge is 0.0202 e. The first-order valence-corrected chi connectivity index (χ1v) is 9.94. The second-order valence-corrected chi connectivity index (χ2v) is 6.64. The summed E-state index contributed by atoms with van der Waals surface area (Å²) >= 11 is 0. The van der Waals surface area contributed by atoms with E-state index in [-0.39, 0.29) is 0 Å². The van der Waals surface area contributed by atoms with Crippen LogP contribution >= 0.6 is 0 Å². The number of hydrogen-bond acceptors (Lipinski definition) is 0. The Morgan fingerprint density at radius 3 is 1.81 bits per heavy atom. The fourth-order valence-electron chi connectivity index (χ4n) is 3.91. The lowest BCUT2D eigenvalue weighted by molar-refractivity contribution is 0.303. The molecule has 2 fully saturated rings. The summed E-state index contributed by atoms with van der Waals surface area (Å²) in [4.78, 5) is 0. The zero-order valence-corrected chi connectivity index (χ0v) is 15.8. The molecule has 3 rings (SSSR count). The van der Waals surface area contributed by atoms with Crippen LogP contribution in [0.1, 0.15) is 99.3 Å². The largest absolute Gasteiger partial charge is 0.0880 e. The van der Waals surface area contributed by atoms with E-state index in [0.717, 1.165) is 23.7 Å². The van der Waals surface area contributed by atoms with Crippen molar-refractivity contribution in [2.75, 3.05) is 0 Å². The van der Waals surface area contributed by atoms with Crippen molar-refractivity contribution in [3.8, 4) is 0 Å². The van der Waals surface area contributed by atoms with E-state index in [0.29, 0.717) is 0 Å². The van der Waals surface area contributed by atoms with E-state index in [1.54, 1.807) is 0 Å². The van der Waals surface area contributed by atoms with Gasteiger partial charge in [0.2, 0.25) is 0 Å². The molecule has 0 spiro atoms. The molecular formula is C21H42. The van der Waals surface area contributed by atoms with Gasteiger partial charge in [0.15, 0.2) is 0 Å². The second kappa shape index (κ2) is 13.4. The molecule has 0 aromatic carbocycles. The molecule has 0 aromatic heterocycles. The Morgan fingerprint density at radius 1 is 0.714 bits per heavy atom. The van der Waals surface area contributed by atoms with Gasteiger partial charge in [0, 0.05) is 0 Å². The molecule has 0 saturated heterocycles. The normalized spacial score (nSPS) is 30.7. The fourth-order valence-corrected chi connectivity index (χ4v) is 3.91. The van der Waals surface area contributed by atoms with E-state index < -0.39 is 0 Å². The minimum atomic E-state index is 0.962. The third kappa shape index (κ3) is 8.07. The highest BCUT2D eigenvalue weighted by Gasteiger charge is 2.31. The van der Waals surface area contributed by atoms with Crippen LogP contribution in [0.4, 0.5) is 0 Å². The van der Waals surface area contributed by atoms with Crippen molar-refractivity contribution >= 4 is 0 Å². The summed E-state index contributed by atoms with van der Waals surface area (Å²) in [7, 11) is 0. The Bertz CT molecular complexity index is 234. The van der Waals surface area contributed by atoms with Crippen LogP contribution in [0.15, 0.2) is 12.2 Å². The molecule has 0 aromatic rings. The highest BCUT2D eigenvalue weighted by molar-refractivity contribution is 5.01. The summed E-state index contributed by atoms with van der Waals surface area (Å²) in [5.41, 5.74) is 0. The predicted octanol–water partition coefficient (Wildman–Crippen LogP) is 7.64. The average molecular weight is 295 g/mol. The molecule has 0 heteroatoms. The molecule has 0 radical (unpaired) electrons. The predicted molar refractivity (Wildman–Crippen MR) is 98.7 cm³/mol. The van der Waals surface area contributed by atoms with Gasteiger partial charge in [-0.3, -0.25) is 0 Å². The molecule has 21 heavy (non-hydrogen) atoms. The minimum absolute atomic E-state index is 0.962. The molecule has 0 amide bonds. The van der Waals surface area contributed by atoms with Gasteiger partial charge < -0.3 is 0 Å². The minimum Gasteiger partial charge on any atom is -0.0880 e. The van der Waals surface area contributed by atoms with Crippen molar-refractivity contribution in [2.45, 2.75) is 99.3 Å². The van der Waals surface area contributed by atoms with Crippen LogP contribution in [0, 0.1) is 23.7 Å². The molecule has 126 valence electrons. The van der Waals surface area contributed by atoms with E-state index in [4.69, 9.17) is 0 Å². The molecule has 0 aliphatic heterocycles. The van der Waals surface area contributed by atoms with E-state index in [2.05, 4.69) is 26.0 Å². The molecule has 0 heterocycles. The summed E-state index contributed by atoms with van der Waals surface area (Å²) in [6.07, 6.45) is 18.0. The summed E-state index contributed by atoms with van der Waals surface area (Å²) in [5.74, 6) is 4.01. The standard InChI is InChI=1S/C10H16.C7H14.2C2H6/c1-8-4-2-5-9-6-3-7-10(8)9;1-7-5-3-2-4-6-7;2*1-2/h2,5,8-10H,3-4,6-7H2,1H3;7H,2-6H2,1H3;2*1-2H3. The lowest BCUT2D eigenvalue weighted by Gasteiger charge is -2.26. The van der Waals surface area contributed by atoms with Gasteiger partial charge in [-0.25, -0.2) is 0 Å². The van der Waals surface area contributed by atoms with E-state index in [9.17, 15) is 0 Å². The third-order valence-corrected chi connectivity index (χ3v) is 5.14. The van der Waals surface area contributed by atoms with E-state index >= 15 is 0 Å². The summed E-state index contributed by atoms with van der Waals surface area (Å²) in [5, 5.41) is 0. The first-order chi connectivity index (χ1) is 10.3. The van der Waals surface area contributed by atoms with Gasteiger partial charge in [-0.05, 0) is 42.9 Å². The molecule has 2 saturated carbocycles. The topological polar surface area (TPSA) is 0 Å². The third-order valence-electron chi connectivity index (χ3n) is 5.14. The monoisotopic (exact) mass is 294 g/mol. The maximum Gasteiger partial charge on any atom is -0.0202 e. The van der Waals surface area contributed by atoms with Gasteiger partial charge in [0.1, 0.15) is 0 Å². The Hall–Kier alpha value is -0.260. The zero-order valence-electron chi connectivity index (χ0n) is 15.8. The van der Waals surface area contributed by atoms with Crippen LogP contribution in [0.3, 0.4) is 0 Å². The van der Waals surface area contributed by atoms with Crippen LogP contribution in [-0.4, -0.2) is 0 Å². The van der Waals surface area contributed by atoms with Gasteiger partial charge in [-0.2, -0.15) is 0 Å². The Kier molecular flexibility index (Phi) is 13.2. The molecule has 3 aliphatic carbocycles. The van der Waals surface area contributed by atoms with Crippen LogP contribution in [0.5, 0.6) is 0 Å². The number of hydrogen-bond donors (Lipinski definition) is 0. The molecule has 0 nitrogen and oxygen atoms in total. The van der Waals surface area contributed by atoms with Crippen LogP contribution in [-0.2, 0) is 0 Å². The van der Waals surface area contributed by atoms with Gasteiger partial charge in [-0.15, -0.1) is 0 Å². The highest BCUT2D eigenvalue weighted by Crippen LogP contribution is 2.41. The Morgan fingerprint density at radius 2 is 1.33 bits per heavy atom. The highest BCUT2D eigenvalue weighted by atomic mass is 14.4. The summed E-state index contributed by atoms with van der Waals surface area (Å²) in [6.45, 7) is 12.8. The van der Waals surface area contributed by atoms with Gasteiger partial charge in [0.05, 0.1) is 0 Å². The average Bonchev–Trinajstić information content (AvgIpc) is 3.03. The van der Waals surface area contributed by atoms with Crippen molar-refractivity contribution in [1.82, 2.24) is 0 Å². The molecule has 3 unspecified atom stereocenters. The zero-order chi connectivity index (χ0) is 16.1. The first-order valence-electron chi connectivity index (χ1n) is 9.94. The number of rotatable bonds is 0. The second-order valence-electron chi connectivity index (χ2n) is 6.64. The van der Waals surface area contributed by atoms with Crippen molar-refractivity contribution in [1.29, 1.82) is 0 Å². The number of fused-ring (bicyclic) bond motifs is 1. The summed E-state index contributed by atoms with van der Waals surface area (Å²) < 4.78 is 0. The summed E-state index contributed by atoms with van der Waals surface area (Å²) in [6, 6.07) is 0. The van der Waals surface area contributed by atoms with Crippen molar-refractivity contribution in [3.05, 3.63) is 12.2 Å². The maximum absolute atomic E-state index is 2.46. The Labute approximate surface area is 135 Å². The molecule has 3 aliphatic rings. The lowest BCUT2D eigenvalue weighted by Crippen LogP contribution is -2.17. The maximum atomic E-state index is 2.46.